The Morgan fingerprint density at radius 2 is 1.93 bits per heavy atom. The Morgan fingerprint density at radius 1 is 1.10 bits per heavy atom. The van der Waals surface area contributed by atoms with Gasteiger partial charge in [-0.3, -0.25) is 4.68 Å². The van der Waals surface area contributed by atoms with Gasteiger partial charge in [-0.25, -0.2) is 4.68 Å². The van der Waals surface area contributed by atoms with Gasteiger partial charge in [0.05, 0.1) is 23.6 Å². The summed E-state index contributed by atoms with van der Waals surface area (Å²) in [5, 5.41) is 17.4. The van der Waals surface area contributed by atoms with E-state index in [9.17, 15) is 0 Å². The van der Waals surface area contributed by atoms with Gasteiger partial charge in [0.15, 0.2) is 0 Å². The minimum atomic E-state index is 0.142. The van der Waals surface area contributed by atoms with Gasteiger partial charge in [-0.05, 0) is 54.8 Å². The van der Waals surface area contributed by atoms with E-state index in [1.54, 1.807) is 0 Å². The minimum Gasteiger partial charge on any atom is -0.378 e. The fourth-order valence-electron chi connectivity index (χ4n) is 4.01. The van der Waals surface area contributed by atoms with Gasteiger partial charge < -0.3 is 5.32 Å². The second-order valence-electron chi connectivity index (χ2n) is 7.44. The monoisotopic (exact) mass is 404 g/mol. The van der Waals surface area contributed by atoms with Crippen molar-refractivity contribution in [1.29, 1.82) is 0 Å². The van der Waals surface area contributed by atoms with Crippen LogP contribution in [0.25, 0.3) is 22.4 Å². The van der Waals surface area contributed by atoms with E-state index in [2.05, 4.69) is 38.9 Å². The fourth-order valence-corrected chi connectivity index (χ4v) is 4.14. The topological polar surface area (TPSA) is 60.6 Å². The number of nitrogens with one attached hydrogen (secondary N) is 1. The lowest BCUT2D eigenvalue weighted by Gasteiger charge is -2.21. The number of aryl methyl sites for hydroxylation is 3. The number of aromatic nitrogens is 5. The molecule has 0 aliphatic carbocycles. The second-order valence-corrected chi connectivity index (χ2v) is 7.88. The summed E-state index contributed by atoms with van der Waals surface area (Å²) in [5.74, 6) is 0. The summed E-state index contributed by atoms with van der Waals surface area (Å²) in [6, 6.07) is 14.6. The quantitative estimate of drug-likeness (QED) is 0.529. The van der Waals surface area contributed by atoms with Crippen LogP contribution in [0.5, 0.6) is 0 Å². The molecular formula is C22H21ClN6. The predicted molar refractivity (Wildman–Crippen MR) is 115 cm³/mol. The van der Waals surface area contributed by atoms with Crippen molar-refractivity contribution in [3.8, 4) is 22.4 Å². The molecule has 0 spiro atoms. The molecule has 1 aliphatic heterocycles. The molecule has 5 rings (SSSR count). The highest BCUT2D eigenvalue weighted by Crippen LogP contribution is 2.39. The molecule has 2 aromatic carbocycles. The van der Waals surface area contributed by atoms with Crippen molar-refractivity contribution in [3.05, 3.63) is 71.1 Å². The molecule has 4 aromatic rings. The molecule has 2 aromatic heterocycles. The summed E-state index contributed by atoms with van der Waals surface area (Å²) in [6.07, 6.45) is 4.84. The number of anilines is 1. The van der Waals surface area contributed by atoms with Crippen molar-refractivity contribution >= 4 is 17.3 Å². The van der Waals surface area contributed by atoms with E-state index in [1.807, 2.05) is 60.0 Å². The summed E-state index contributed by atoms with van der Waals surface area (Å²) in [5.41, 5.74) is 7.76. The highest BCUT2D eigenvalue weighted by Gasteiger charge is 2.25. The largest absolute Gasteiger partial charge is 0.378 e. The summed E-state index contributed by atoms with van der Waals surface area (Å²) >= 11 is 6.06. The zero-order chi connectivity index (χ0) is 20.0. The number of rotatable bonds is 3. The molecule has 1 atom stereocenters. The van der Waals surface area contributed by atoms with Crippen LogP contribution in [0.3, 0.4) is 0 Å². The minimum absolute atomic E-state index is 0.142. The number of benzene rings is 2. The SMILES string of the molecule is Cc1nnn2c1-c1ccc(-c3cnn(C)c3)cc1C(Nc1ccc(Cl)cc1)CC2. The van der Waals surface area contributed by atoms with Crippen LogP contribution >= 0.6 is 11.6 Å². The summed E-state index contributed by atoms with van der Waals surface area (Å²) in [4.78, 5) is 0. The van der Waals surface area contributed by atoms with Gasteiger partial charge in [0.25, 0.3) is 0 Å². The smallest absolute Gasteiger partial charge is 0.0918 e. The predicted octanol–water partition coefficient (Wildman–Crippen LogP) is 4.86. The Bertz CT molecular complexity index is 1170. The molecule has 1 unspecified atom stereocenters. The van der Waals surface area contributed by atoms with E-state index < -0.39 is 0 Å². The Labute approximate surface area is 174 Å². The maximum atomic E-state index is 6.06. The van der Waals surface area contributed by atoms with E-state index in [-0.39, 0.29) is 6.04 Å². The third-order valence-electron chi connectivity index (χ3n) is 5.44. The van der Waals surface area contributed by atoms with Crippen LogP contribution in [0.4, 0.5) is 5.69 Å². The number of fused-ring (bicyclic) bond motifs is 3. The molecule has 1 N–H and O–H groups in total. The van der Waals surface area contributed by atoms with Crippen LogP contribution in [-0.2, 0) is 13.6 Å². The lowest BCUT2D eigenvalue weighted by molar-refractivity contribution is 0.539. The highest BCUT2D eigenvalue weighted by atomic mass is 35.5. The van der Waals surface area contributed by atoms with Crippen molar-refractivity contribution in [3.63, 3.8) is 0 Å². The van der Waals surface area contributed by atoms with Gasteiger partial charge in [0.1, 0.15) is 0 Å². The fraction of sp³-hybridized carbons (Fsp3) is 0.227. The van der Waals surface area contributed by atoms with Crippen LogP contribution in [0.15, 0.2) is 54.9 Å². The van der Waals surface area contributed by atoms with Crippen molar-refractivity contribution in [2.24, 2.45) is 7.05 Å². The first kappa shape index (κ1) is 17.9. The lowest BCUT2D eigenvalue weighted by atomic mass is 9.93. The molecule has 6 nitrogen and oxygen atoms in total. The van der Waals surface area contributed by atoms with Crippen LogP contribution in [0.2, 0.25) is 5.02 Å². The van der Waals surface area contributed by atoms with Crippen LogP contribution < -0.4 is 5.32 Å². The average Bonchev–Trinajstić information content (AvgIpc) is 3.28. The Hall–Kier alpha value is -3.12. The highest BCUT2D eigenvalue weighted by molar-refractivity contribution is 6.30. The third kappa shape index (κ3) is 3.29. The molecule has 0 radical (unpaired) electrons. The van der Waals surface area contributed by atoms with E-state index >= 15 is 0 Å². The summed E-state index contributed by atoms with van der Waals surface area (Å²) < 4.78 is 3.84. The maximum absolute atomic E-state index is 6.06. The molecule has 0 saturated carbocycles. The Morgan fingerprint density at radius 3 is 2.69 bits per heavy atom. The van der Waals surface area contributed by atoms with Crippen molar-refractivity contribution in [1.82, 2.24) is 24.8 Å². The summed E-state index contributed by atoms with van der Waals surface area (Å²) in [7, 11) is 1.94. The molecule has 146 valence electrons. The zero-order valence-electron chi connectivity index (χ0n) is 16.3. The lowest BCUT2D eigenvalue weighted by Crippen LogP contribution is -2.12. The first-order chi connectivity index (χ1) is 14.1. The molecule has 0 saturated heterocycles. The van der Waals surface area contributed by atoms with Crippen molar-refractivity contribution in [2.75, 3.05) is 5.32 Å². The number of hydrogen-bond donors (Lipinski definition) is 1. The van der Waals surface area contributed by atoms with Crippen molar-refractivity contribution < 1.29 is 0 Å². The molecule has 29 heavy (non-hydrogen) atoms. The van der Waals surface area contributed by atoms with Gasteiger partial charge in [0.2, 0.25) is 0 Å². The standard InChI is InChI=1S/C22H21ClN6/c1-14-22-19-8-3-15(16-12-24-28(2)13-16)11-20(19)21(9-10-29(22)27-26-14)25-18-6-4-17(23)5-7-18/h3-8,11-13,21,25H,9-10H2,1-2H3. The zero-order valence-corrected chi connectivity index (χ0v) is 17.1. The van der Waals surface area contributed by atoms with E-state index in [1.165, 1.54) is 11.1 Å². The van der Waals surface area contributed by atoms with Gasteiger partial charge in [0, 0.05) is 41.6 Å². The molecular weight excluding hydrogens is 384 g/mol. The van der Waals surface area contributed by atoms with Gasteiger partial charge in [-0.1, -0.05) is 28.9 Å². The molecule has 0 amide bonds. The normalized spacial score (nSPS) is 15.5. The first-order valence-electron chi connectivity index (χ1n) is 9.64. The van der Waals surface area contributed by atoms with E-state index in [4.69, 9.17) is 11.6 Å². The summed E-state index contributed by atoms with van der Waals surface area (Å²) in [6.45, 7) is 2.82. The Balaban J connectivity index is 1.62. The van der Waals surface area contributed by atoms with E-state index in [0.29, 0.717) is 0 Å². The molecule has 0 bridgehead atoms. The van der Waals surface area contributed by atoms with Gasteiger partial charge in [-0.15, -0.1) is 5.10 Å². The second kappa shape index (κ2) is 7.04. The van der Waals surface area contributed by atoms with Gasteiger partial charge in [-0.2, -0.15) is 5.10 Å². The van der Waals surface area contributed by atoms with Crippen LogP contribution in [0.1, 0.15) is 23.7 Å². The van der Waals surface area contributed by atoms with E-state index in [0.717, 1.165) is 46.2 Å². The molecule has 7 heteroatoms. The molecule has 0 fully saturated rings. The van der Waals surface area contributed by atoms with Crippen LogP contribution in [0, 0.1) is 6.92 Å². The average molecular weight is 405 g/mol. The molecule has 3 heterocycles. The van der Waals surface area contributed by atoms with Crippen molar-refractivity contribution in [2.45, 2.75) is 25.9 Å². The third-order valence-corrected chi connectivity index (χ3v) is 5.69. The Kier molecular flexibility index (Phi) is 4.36. The number of halogens is 1. The first-order valence-corrected chi connectivity index (χ1v) is 10.0. The van der Waals surface area contributed by atoms with Gasteiger partial charge >= 0.3 is 0 Å². The van der Waals surface area contributed by atoms with Crippen LogP contribution in [-0.4, -0.2) is 24.8 Å². The molecule has 1 aliphatic rings. The number of nitrogens with zero attached hydrogens (tertiary/aromatic N) is 5. The number of hydrogen-bond acceptors (Lipinski definition) is 4. The maximum Gasteiger partial charge on any atom is 0.0918 e.